The molecule has 1 aliphatic heterocycles. The van der Waals surface area contributed by atoms with Crippen LogP contribution in [0.25, 0.3) is 6.08 Å². The Morgan fingerprint density at radius 3 is 2.56 bits per heavy atom. The van der Waals surface area contributed by atoms with Gasteiger partial charge in [0.1, 0.15) is 0 Å². The number of carbonyl (C=O) groups excluding carboxylic acids is 1. The predicted octanol–water partition coefficient (Wildman–Crippen LogP) is 6.85. The van der Waals surface area contributed by atoms with E-state index in [1.807, 2.05) is 25.1 Å². The Kier molecular flexibility index (Phi) is 11.1. The second-order valence-electron chi connectivity index (χ2n) is 12.3. The molecule has 0 amide bonds. The fourth-order valence-corrected chi connectivity index (χ4v) is 7.67. The van der Waals surface area contributed by atoms with Gasteiger partial charge in [-0.15, -0.1) is 0 Å². The number of allylic oxidation sites excluding steroid dienone is 1. The average molecular weight is 618 g/mol. The predicted molar refractivity (Wildman–Crippen MR) is 163 cm³/mol. The molecule has 1 saturated heterocycles. The number of hydrogen-bond donors (Lipinski definition) is 1. The Hall–Kier alpha value is -1.89. The average Bonchev–Trinajstić information content (AvgIpc) is 3.38. The van der Waals surface area contributed by atoms with Gasteiger partial charge in [0.15, 0.2) is 0 Å². The van der Waals surface area contributed by atoms with Crippen molar-refractivity contribution in [2.45, 2.75) is 96.0 Å². The van der Waals surface area contributed by atoms with E-state index in [0.29, 0.717) is 25.9 Å². The zero-order valence-electron chi connectivity index (χ0n) is 24.7. The van der Waals surface area contributed by atoms with Crippen LogP contribution in [-0.2, 0) is 27.0 Å². The van der Waals surface area contributed by atoms with Crippen LogP contribution in [-0.4, -0.2) is 47.1 Å². The molecule has 3 atom stereocenters. The van der Waals surface area contributed by atoms with E-state index < -0.39 is 8.32 Å². The van der Waals surface area contributed by atoms with E-state index in [-0.39, 0.29) is 49.4 Å². The molecule has 7 heteroatoms. The van der Waals surface area contributed by atoms with Crippen molar-refractivity contribution in [3.05, 3.63) is 71.2 Å². The van der Waals surface area contributed by atoms with Gasteiger partial charge < -0.3 is 5.11 Å². The molecule has 0 radical (unpaired) electrons. The number of aliphatic hydroxyl groups is 1. The van der Waals surface area contributed by atoms with E-state index in [1.165, 1.54) is 4.46 Å². The van der Waals surface area contributed by atoms with Crippen LogP contribution in [0.5, 0.6) is 0 Å². The normalized spacial score (nSPS) is 19.3. The summed E-state index contributed by atoms with van der Waals surface area (Å²) in [5, 5.41) is 9.69. The zero-order valence-corrected chi connectivity index (χ0v) is 27.4. The summed E-state index contributed by atoms with van der Waals surface area (Å²) in [4.78, 5) is 12.5. The van der Waals surface area contributed by atoms with Crippen LogP contribution in [0.4, 0.5) is 0 Å². The number of aliphatic hydroxyl groups excluding tert-OH is 1. The van der Waals surface area contributed by atoms with Crippen LogP contribution < -0.4 is 4.46 Å². The van der Waals surface area contributed by atoms with E-state index in [4.69, 9.17) is 13.6 Å². The minimum absolute atomic E-state index is 0.0300. The summed E-state index contributed by atoms with van der Waals surface area (Å²) in [6, 6.07) is 12.3. The first-order valence-electron chi connectivity index (χ1n) is 13.9. The Bertz CT molecular complexity index is 1150. The molecule has 0 bridgehead atoms. The summed E-state index contributed by atoms with van der Waals surface area (Å²) < 4.78 is 19.9. The molecule has 214 valence electrons. The molecule has 2 heterocycles. The molecule has 0 spiro atoms. The van der Waals surface area contributed by atoms with Gasteiger partial charge in [0.05, 0.1) is 0 Å². The number of cyclic esters (lactones) is 1. The summed E-state index contributed by atoms with van der Waals surface area (Å²) in [6.45, 7) is 20.1. The molecule has 1 N–H and O–H groups in total. The van der Waals surface area contributed by atoms with E-state index in [9.17, 15) is 9.90 Å². The number of furan rings is 1. The Labute approximate surface area is 242 Å². The van der Waals surface area contributed by atoms with E-state index >= 15 is 0 Å². The third kappa shape index (κ3) is 9.05. The minimum atomic E-state index is -1.94. The molecule has 5 nitrogen and oxygen atoms in total. The quantitative estimate of drug-likeness (QED) is 0.151. The van der Waals surface area contributed by atoms with Gasteiger partial charge in [-0.3, -0.25) is 0 Å². The maximum absolute atomic E-state index is 12.5. The number of esters is 1. The van der Waals surface area contributed by atoms with Gasteiger partial charge in [-0.05, 0) is 25.1 Å². The fourth-order valence-electron chi connectivity index (χ4n) is 4.40. The topological polar surface area (TPSA) is 68.9 Å². The molecule has 1 aliphatic rings. The Balaban J connectivity index is 1.74. The second kappa shape index (κ2) is 13.6. The van der Waals surface area contributed by atoms with Crippen LogP contribution in [0.2, 0.25) is 22.9 Å². The van der Waals surface area contributed by atoms with Crippen LogP contribution >= 0.6 is 0 Å². The van der Waals surface area contributed by atoms with Crippen molar-refractivity contribution < 1.29 is 23.5 Å². The summed E-state index contributed by atoms with van der Waals surface area (Å²) in [6.07, 6.45) is 4.75. The first-order chi connectivity index (χ1) is 18.3. The third-order valence-electron chi connectivity index (χ3n) is 7.90. The molecular weight excluding hydrogens is 571 g/mol. The van der Waals surface area contributed by atoms with Gasteiger partial charge in [-0.25, -0.2) is 0 Å². The molecule has 1 fully saturated rings. The smallest absolute Gasteiger partial charge is 0.0604 e. The standard InChI is InChI=1S/C32H46O5SeSi/c1-22(2)24(14-15-33)19-29-25(21-35-39(7,8)32(4,5)6)18-26(36-29)16-23(3)17-27-20-30(31(34)37-27)38-28-12-10-9-11-13-28/h9-13,16,18,24,27,30,33H,1,14-15,17,19-21H2,2-8H3/b23-16+/t24-,27+,30?/m0/s1. The molecular formula is C32H46O5SeSi. The Morgan fingerprint density at radius 2 is 1.95 bits per heavy atom. The van der Waals surface area contributed by atoms with Crippen molar-refractivity contribution in [3.8, 4) is 0 Å². The van der Waals surface area contributed by atoms with Crippen molar-refractivity contribution in [2.75, 3.05) is 6.61 Å². The third-order valence-corrected chi connectivity index (χ3v) is 14.9. The number of benzene rings is 1. The van der Waals surface area contributed by atoms with Gasteiger partial charge >= 0.3 is 179 Å². The van der Waals surface area contributed by atoms with Crippen LogP contribution in [0.15, 0.2) is 58.5 Å². The van der Waals surface area contributed by atoms with Gasteiger partial charge in [-0.1, -0.05) is 27.4 Å². The molecule has 1 unspecified atom stereocenters. The molecule has 1 aromatic heterocycles. The van der Waals surface area contributed by atoms with Crippen molar-refractivity contribution in [1.82, 2.24) is 0 Å². The molecule has 2 aromatic rings. The van der Waals surface area contributed by atoms with Gasteiger partial charge in [0.2, 0.25) is 0 Å². The fraction of sp³-hybridized carbons (Fsp3) is 0.531. The number of hydrogen-bond acceptors (Lipinski definition) is 5. The molecule has 39 heavy (non-hydrogen) atoms. The molecule has 0 saturated carbocycles. The van der Waals surface area contributed by atoms with E-state index in [1.54, 1.807) is 0 Å². The summed E-state index contributed by atoms with van der Waals surface area (Å²) in [5.41, 5.74) is 3.21. The summed E-state index contributed by atoms with van der Waals surface area (Å²) in [5.74, 6) is 1.76. The molecule has 3 rings (SSSR count). The van der Waals surface area contributed by atoms with E-state index in [2.05, 4.69) is 71.6 Å². The van der Waals surface area contributed by atoms with E-state index in [0.717, 1.165) is 34.7 Å². The van der Waals surface area contributed by atoms with Crippen LogP contribution in [0.1, 0.15) is 71.0 Å². The first-order valence-corrected chi connectivity index (χ1v) is 18.7. The monoisotopic (exact) mass is 618 g/mol. The van der Waals surface area contributed by atoms with Crippen LogP contribution in [0.3, 0.4) is 0 Å². The van der Waals surface area contributed by atoms with Crippen molar-refractivity contribution in [1.29, 1.82) is 0 Å². The van der Waals surface area contributed by atoms with Gasteiger partial charge in [0.25, 0.3) is 0 Å². The molecule has 0 aliphatic carbocycles. The van der Waals surface area contributed by atoms with Crippen molar-refractivity contribution in [2.24, 2.45) is 5.92 Å². The maximum atomic E-state index is 12.5. The number of rotatable bonds is 13. The Morgan fingerprint density at radius 1 is 1.26 bits per heavy atom. The van der Waals surface area contributed by atoms with Crippen LogP contribution in [0, 0.1) is 5.92 Å². The molecule has 1 aromatic carbocycles. The van der Waals surface area contributed by atoms with Crippen molar-refractivity contribution in [3.63, 3.8) is 0 Å². The summed E-state index contributed by atoms with van der Waals surface area (Å²) >= 11 is 0.0774. The minimum Gasteiger partial charge on any atom is -0.0604 e. The second-order valence-corrected chi connectivity index (χ2v) is 19.8. The number of carbonyl (C=O) groups is 1. The SMILES string of the molecule is C=C(C)[C@@H](CCO)Cc1oc(/C=C(\C)C[C@@H]2CC([Se]c3ccccc3)C(=O)O2)cc1CO[Si](C)(C)C(C)(C)C. The number of ether oxygens (including phenoxy) is 1. The zero-order chi connectivity index (χ0) is 28.8. The summed E-state index contributed by atoms with van der Waals surface area (Å²) in [7, 11) is -1.94. The van der Waals surface area contributed by atoms with Gasteiger partial charge in [-0.2, -0.15) is 0 Å². The van der Waals surface area contributed by atoms with Crippen molar-refractivity contribution >= 4 is 39.8 Å². The van der Waals surface area contributed by atoms with Gasteiger partial charge in [0, 0.05) is 6.61 Å². The first kappa shape index (κ1) is 31.6.